The molecule has 2 aromatic carbocycles. The molecule has 10 heteroatoms. The van der Waals surface area contributed by atoms with Gasteiger partial charge >= 0.3 is 6.01 Å². The maximum absolute atomic E-state index is 13.8. The number of hydrogen-bond acceptors (Lipinski definition) is 6. The highest BCUT2D eigenvalue weighted by Crippen LogP contribution is 2.34. The number of aromatic amines is 1. The SMILES string of the molecule is OCCOc1ccc(Cl)c(-c2[nH]nc3nc(Oc4ccc(F)cc4F)ncc23)c1. The summed E-state index contributed by atoms with van der Waals surface area (Å²) in [4.78, 5) is 8.20. The zero-order chi connectivity index (χ0) is 20.4. The predicted molar refractivity (Wildman–Crippen MR) is 101 cm³/mol. The number of halogens is 3. The Labute approximate surface area is 167 Å². The topological polar surface area (TPSA) is 93.2 Å². The van der Waals surface area contributed by atoms with Gasteiger partial charge < -0.3 is 14.6 Å². The van der Waals surface area contributed by atoms with E-state index in [1.807, 2.05) is 0 Å². The minimum absolute atomic E-state index is 0.115. The fourth-order valence-electron chi connectivity index (χ4n) is 2.65. The number of nitrogens with one attached hydrogen (secondary N) is 1. The summed E-state index contributed by atoms with van der Waals surface area (Å²) in [5.74, 6) is -1.28. The number of H-pyrrole nitrogens is 1. The molecule has 4 aromatic rings. The van der Waals surface area contributed by atoms with Crippen molar-refractivity contribution in [3.8, 4) is 28.8 Å². The van der Waals surface area contributed by atoms with Gasteiger partial charge in [0.15, 0.2) is 17.2 Å². The summed E-state index contributed by atoms with van der Waals surface area (Å²) >= 11 is 6.30. The summed E-state index contributed by atoms with van der Waals surface area (Å²) in [5.41, 5.74) is 1.43. The van der Waals surface area contributed by atoms with Crippen LogP contribution in [0.3, 0.4) is 0 Å². The van der Waals surface area contributed by atoms with E-state index in [9.17, 15) is 8.78 Å². The van der Waals surface area contributed by atoms with E-state index in [1.165, 1.54) is 6.20 Å². The van der Waals surface area contributed by atoms with Gasteiger partial charge in [-0.1, -0.05) is 11.6 Å². The second-order valence-electron chi connectivity index (χ2n) is 5.88. The average Bonchev–Trinajstić information content (AvgIpc) is 3.12. The molecule has 0 spiro atoms. The summed E-state index contributed by atoms with van der Waals surface area (Å²) in [6.45, 7) is 0.0325. The molecule has 7 nitrogen and oxygen atoms in total. The van der Waals surface area contributed by atoms with Gasteiger partial charge in [0.2, 0.25) is 0 Å². The van der Waals surface area contributed by atoms with Crippen LogP contribution < -0.4 is 9.47 Å². The first kappa shape index (κ1) is 19.0. The van der Waals surface area contributed by atoms with Gasteiger partial charge in [-0.05, 0) is 30.3 Å². The van der Waals surface area contributed by atoms with Crippen LogP contribution in [0.25, 0.3) is 22.3 Å². The van der Waals surface area contributed by atoms with Crippen molar-refractivity contribution in [3.05, 3.63) is 59.3 Å². The van der Waals surface area contributed by atoms with Gasteiger partial charge in [0.05, 0.1) is 22.7 Å². The Morgan fingerprint density at radius 2 is 2.00 bits per heavy atom. The third-order valence-corrected chi connectivity index (χ3v) is 4.28. The third-order valence-electron chi connectivity index (χ3n) is 3.95. The molecule has 0 aliphatic rings. The van der Waals surface area contributed by atoms with E-state index in [1.54, 1.807) is 18.2 Å². The number of aliphatic hydroxyl groups is 1. The second kappa shape index (κ2) is 7.98. The standard InChI is InChI=1S/C19H13ClF2N4O3/c20-14-3-2-11(28-6-5-27)8-12(14)17-13-9-23-19(24-18(13)26-25-17)29-16-4-1-10(21)7-15(16)22/h1-4,7-9,27H,5-6H2,(H,23,24,25,26). The van der Waals surface area contributed by atoms with Crippen LogP contribution in [0.2, 0.25) is 5.02 Å². The summed E-state index contributed by atoms with van der Waals surface area (Å²) in [6, 6.07) is 7.80. The monoisotopic (exact) mass is 418 g/mol. The molecular weight excluding hydrogens is 406 g/mol. The van der Waals surface area contributed by atoms with Crippen LogP contribution in [0, 0.1) is 11.6 Å². The van der Waals surface area contributed by atoms with Crippen LogP contribution in [-0.2, 0) is 0 Å². The molecule has 0 radical (unpaired) electrons. The van der Waals surface area contributed by atoms with Gasteiger partial charge in [0, 0.05) is 17.8 Å². The van der Waals surface area contributed by atoms with Crippen molar-refractivity contribution in [2.45, 2.75) is 0 Å². The van der Waals surface area contributed by atoms with Crippen LogP contribution in [0.1, 0.15) is 0 Å². The highest BCUT2D eigenvalue weighted by molar-refractivity contribution is 6.33. The summed E-state index contributed by atoms with van der Waals surface area (Å²) in [5, 5.41) is 16.9. The summed E-state index contributed by atoms with van der Waals surface area (Å²) in [6.07, 6.45) is 1.45. The molecule has 2 N–H and O–H groups in total. The van der Waals surface area contributed by atoms with Gasteiger partial charge in [-0.2, -0.15) is 10.1 Å². The lowest BCUT2D eigenvalue weighted by atomic mass is 10.1. The Morgan fingerprint density at radius 1 is 1.14 bits per heavy atom. The number of ether oxygens (including phenoxy) is 2. The maximum atomic E-state index is 13.8. The van der Waals surface area contributed by atoms with Crippen molar-refractivity contribution in [2.24, 2.45) is 0 Å². The fraction of sp³-hybridized carbons (Fsp3) is 0.105. The van der Waals surface area contributed by atoms with Gasteiger partial charge in [0.1, 0.15) is 18.2 Å². The first-order valence-corrected chi connectivity index (χ1v) is 8.80. The normalized spacial score (nSPS) is 11.0. The summed E-state index contributed by atoms with van der Waals surface area (Å²) in [7, 11) is 0. The van der Waals surface area contributed by atoms with E-state index in [-0.39, 0.29) is 30.6 Å². The smallest absolute Gasteiger partial charge is 0.324 e. The first-order valence-electron chi connectivity index (χ1n) is 8.43. The Bertz CT molecular complexity index is 1190. The van der Waals surface area contributed by atoms with Crippen LogP contribution in [0.15, 0.2) is 42.6 Å². The Kier molecular flexibility index (Phi) is 5.24. The number of rotatable bonds is 6. The molecule has 0 aliphatic heterocycles. The zero-order valence-corrected chi connectivity index (χ0v) is 15.5. The number of fused-ring (bicyclic) bond motifs is 1. The molecule has 4 rings (SSSR count). The Balaban J connectivity index is 1.67. The number of hydrogen-bond donors (Lipinski definition) is 2. The minimum Gasteiger partial charge on any atom is -0.491 e. The number of nitrogens with zero attached hydrogens (tertiary/aromatic N) is 3. The van der Waals surface area contributed by atoms with E-state index in [2.05, 4.69) is 20.2 Å². The van der Waals surface area contributed by atoms with Crippen LogP contribution in [0.5, 0.6) is 17.5 Å². The maximum Gasteiger partial charge on any atom is 0.324 e. The zero-order valence-electron chi connectivity index (χ0n) is 14.7. The molecule has 0 bridgehead atoms. The number of aromatic nitrogens is 4. The molecule has 2 heterocycles. The second-order valence-corrected chi connectivity index (χ2v) is 6.29. The van der Waals surface area contributed by atoms with Gasteiger partial charge in [-0.15, -0.1) is 0 Å². The van der Waals surface area contributed by atoms with E-state index in [0.29, 0.717) is 33.5 Å². The van der Waals surface area contributed by atoms with E-state index < -0.39 is 11.6 Å². The van der Waals surface area contributed by atoms with E-state index in [0.717, 1.165) is 12.1 Å². The molecule has 0 fully saturated rings. The fourth-order valence-corrected chi connectivity index (χ4v) is 2.86. The van der Waals surface area contributed by atoms with E-state index in [4.69, 9.17) is 26.2 Å². The first-order chi connectivity index (χ1) is 14.0. The highest BCUT2D eigenvalue weighted by atomic mass is 35.5. The molecule has 0 saturated carbocycles. The van der Waals surface area contributed by atoms with Crippen LogP contribution in [0.4, 0.5) is 8.78 Å². The lowest BCUT2D eigenvalue weighted by Gasteiger charge is -2.08. The predicted octanol–water partition coefficient (Wildman–Crippen LogP) is 4.11. The van der Waals surface area contributed by atoms with Gasteiger partial charge in [-0.3, -0.25) is 5.10 Å². The molecule has 29 heavy (non-hydrogen) atoms. The van der Waals surface area contributed by atoms with Crippen molar-refractivity contribution in [3.63, 3.8) is 0 Å². The number of aliphatic hydroxyl groups excluding tert-OH is 1. The molecule has 2 aromatic heterocycles. The molecule has 148 valence electrons. The molecule has 0 atom stereocenters. The van der Waals surface area contributed by atoms with Crippen molar-refractivity contribution in [2.75, 3.05) is 13.2 Å². The Morgan fingerprint density at radius 3 is 2.79 bits per heavy atom. The van der Waals surface area contributed by atoms with Crippen molar-refractivity contribution >= 4 is 22.6 Å². The van der Waals surface area contributed by atoms with Crippen LogP contribution in [-0.4, -0.2) is 38.5 Å². The van der Waals surface area contributed by atoms with Gasteiger partial charge in [0.25, 0.3) is 0 Å². The van der Waals surface area contributed by atoms with Crippen molar-refractivity contribution < 1.29 is 23.4 Å². The molecule has 0 amide bonds. The minimum atomic E-state index is -0.872. The lowest BCUT2D eigenvalue weighted by molar-refractivity contribution is 0.201. The lowest BCUT2D eigenvalue weighted by Crippen LogP contribution is -2.01. The van der Waals surface area contributed by atoms with Crippen LogP contribution >= 0.6 is 11.6 Å². The third kappa shape index (κ3) is 3.96. The van der Waals surface area contributed by atoms with Crippen molar-refractivity contribution in [1.29, 1.82) is 0 Å². The molecular formula is C19H13ClF2N4O3. The van der Waals surface area contributed by atoms with Gasteiger partial charge in [-0.25, -0.2) is 13.8 Å². The average molecular weight is 419 g/mol. The molecule has 0 unspecified atom stereocenters. The quantitative estimate of drug-likeness (QED) is 0.489. The largest absolute Gasteiger partial charge is 0.491 e. The highest BCUT2D eigenvalue weighted by Gasteiger charge is 2.16. The Hall–Kier alpha value is -3.30. The summed E-state index contributed by atoms with van der Waals surface area (Å²) < 4.78 is 37.5. The molecule has 0 aliphatic carbocycles. The number of benzene rings is 2. The van der Waals surface area contributed by atoms with E-state index >= 15 is 0 Å². The van der Waals surface area contributed by atoms with Crippen molar-refractivity contribution in [1.82, 2.24) is 20.2 Å². The molecule has 0 saturated heterocycles.